The zero-order chi connectivity index (χ0) is 32.4. The minimum absolute atomic E-state index is 0.0305. The van der Waals surface area contributed by atoms with Crippen LogP contribution in [0, 0.1) is 6.92 Å². The molecule has 0 aliphatic carbocycles. The lowest BCUT2D eigenvalue weighted by Crippen LogP contribution is -2.52. The highest BCUT2D eigenvalue weighted by atomic mass is 32.2. The van der Waals surface area contributed by atoms with Crippen LogP contribution in [0.3, 0.4) is 0 Å². The number of carbonyl (C=O) groups excluding carboxylic acids is 1. The van der Waals surface area contributed by atoms with Crippen molar-refractivity contribution in [2.45, 2.75) is 82.3 Å². The highest BCUT2D eigenvalue weighted by Gasteiger charge is 2.34. The van der Waals surface area contributed by atoms with Gasteiger partial charge in [-0.15, -0.1) is 0 Å². The third-order valence-electron chi connectivity index (χ3n) is 9.52. The first-order valence-corrected chi connectivity index (χ1v) is 17.5. The second-order valence-electron chi connectivity index (χ2n) is 12.4. The van der Waals surface area contributed by atoms with Gasteiger partial charge in [-0.25, -0.2) is 22.7 Å². The Hall–Kier alpha value is -2.81. The molecule has 2 aromatic rings. The van der Waals surface area contributed by atoms with Crippen LogP contribution >= 0.6 is 0 Å². The number of hydrogen-bond acceptors (Lipinski definition) is 8. The number of anilines is 1. The number of carbonyl (C=O) groups is 1. The third kappa shape index (κ3) is 8.13. The molecule has 10 nitrogen and oxygen atoms in total. The first-order chi connectivity index (χ1) is 21.3. The summed E-state index contributed by atoms with van der Waals surface area (Å²) in [6.45, 7) is 5.14. The SMILES string of the molecule is Cc1c(NCC2CCC[C@H](c3cccc(C(F)(F)F)c3)O2)ncnc1C(=O)N1CCC(N2CCC(N(C)S(C)(=O)=O)CC2)CC1. The van der Waals surface area contributed by atoms with Crippen molar-refractivity contribution in [3.05, 3.63) is 53.0 Å². The number of nitrogens with one attached hydrogen (secondary N) is 1. The predicted molar refractivity (Wildman–Crippen MR) is 164 cm³/mol. The Kier molecular flexibility index (Phi) is 10.4. The van der Waals surface area contributed by atoms with Crippen LogP contribution in [-0.2, 0) is 20.9 Å². The maximum Gasteiger partial charge on any atom is 0.416 e. The van der Waals surface area contributed by atoms with Crippen LogP contribution in [0.4, 0.5) is 19.0 Å². The van der Waals surface area contributed by atoms with Gasteiger partial charge in [-0.1, -0.05) is 12.1 Å². The smallest absolute Gasteiger partial charge is 0.368 e. The van der Waals surface area contributed by atoms with Crippen LogP contribution in [0.25, 0.3) is 0 Å². The first-order valence-electron chi connectivity index (χ1n) is 15.7. The highest BCUT2D eigenvalue weighted by Crippen LogP contribution is 2.35. The molecule has 0 radical (unpaired) electrons. The summed E-state index contributed by atoms with van der Waals surface area (Å²) in [4.78, 5) is 26.4. The van der Waals surface area contributed by atoms with Crippen LogP contribution in [0.1, 0.15) is 78.2 Å². The summed E-state index contributed by atoms with van der Waals surface area (Å²) in [5.74, 6) is 0.401. The number of nitrogens with zero attached hydrogens (tertiary/aromatic N) is 5. The van der Waals surface area contributed by atoms with E-state index in [1.807, 2.05) is 11.8 Å². The Morgan fingerprint density at radius 3 is 2.44 bits per heavy atom. The van der Waals surface area contributed by atoms with Crippen LogP contribution in [0.5, 0.6) is 0 Å². The third-order valence-corrected chi connectivity index (χ3v) is 10.9. The van der Waals surface area contributed by atoms with E-state index in [2.05, 4.69) is 20.2 Å². The standard InChI is InChI=1S/C31H43F3N6O4S/c1-21-28(30(41)40-16-12-25(13-17-40)39-14-10-24(11-15-39)38(2)45(3,42)43)36-20-37-29(21)35-19-26-8-5-9-27(44-26)22-6-4-7-23(18-22)31(32,33)34/h4,6-7,18,20,24-27H,5,8-17,19H2,1-3H3,(H,35,36,37)/t26?,27-/m1/s1. The molecule has 2 atom stereocenters. The second kappa shape index (κ2) is 13.9. The van der Waals surface area contributed by atoms with Gasteiger partial charge in [0.2, 0.25) is 10.0 Å². The predicted octanol–water partition coefficient (Wildman–Crippen LogP) is 4.49. The van der Waals surface area contributed by atoms with E-state index in [1.165, 1.54) is 29.0 Å². The van der Waals surface area contributed by atoms with Crippen molar-refractivity contribution < 1.29 is 31.1 Å². The van der Waals surface area contributed by atoms with Crippen LogP contribution in [0.2, 0.25) is 0 Å². The van der Waals surface area contributed by atoms with Gasteiger partial charge in [0, 0.05) is 44.3 Å². The van der Waals surface area contributed by atoms with Crippen LogP contribution in [0.15, 0.2) is 30.6 Å². The normalized spacial score (nSPS) is 23.0. The minimum atomic E-state index is -4.40. The van der Waals surface area contributed by atoms with Gasteiger partial charge >= 0.3 is 6.18 Å². The van der Waals surface area contributed by atoms with Crippen molar-refractivity contribution in [1.82, 2.24) is 24.1 Å². The largest absolute Gasteiger partial charge is 0.416 e. The summed E-state index contributed by atoms with van der Waals surface area (Å²) in [7, 11) is -1.55. The molecule has 0 spiro atoms. The van der Waals surface area contributed by atoms with Crippen molar-refractivity contribution in [2.24, 2.45) is 0 Å². The Labute approximate surface area is 263 Å². The number of amides is 1. The van der Waals surface area contributed by atoms with Crippen molar-refractivity contribution in [3.63, 3.8) is 0 Å². The summed E-state index contributed by atoms with van der Waals surface area (Å²) >= 11 is 0. The lowest BCUT2D eigenvalue weighted by Gasteiger charge is -2.43. The molecule has 1 N–H and O–H groups in total. The fraction of sp³-hybridized carbons (Fsp3) is 0.645. The summed E-state index contributed by atoms with van der Waals surface area (Å²) in [6.07, 6.45) is 3.12. The molecule has 14 heteroatoms. The van der Waals surface area contributed by atoms with E-state index in [0.717, 1.165) is 57.7 Å². The quantitative estimate of drug-likeness (QED) is 0.445. The maximum atomic E-state index is 13.5. The Morgan fingerprint density at radius 2 is 1.78 bits per heavy atom. The summed E-state index contributed by atoms with van der Waals surface area (Å²) in [6, 6.07) is 5.71. The lowest BCUT2D eigenvalue weighted by molar-refractivity contribution is -0.137. The average Bonchev–Trinajstić information content (AvgIpc) is 3.03. The van der Waals surface area contributed by atoms with Crippen LogP contribution in [-0.4, -0.2) is 103 Å². The van der Waals surface area contributed by atoms with E-state index in [4.69, 9.17) is 4.74 Å². The fourth-order valence-electron chi connectivity index (χ4n) is 6.73. The number of alkyl halides is 3. The summed E-state index contributed by atoms with van der Waals surface area (Å²) in [5, 5.41) is 3.28. The molecule has 3 fully saturated rings. The molecule has 4 heterocycles. The molecular weight excluding hydrogens is 609 g/mol. The topological polar surface area (TPSA) is 108 Å². The summed E-state index contributed by atoms with van der Waals surface area (Å²) in [5.41, 5.74) is 0.837. The van der Waals surface area contributed by atoms with E-state index in [9.17, 15) is 26.4 Å². The van der Waals surface area contributed by atoms with Crippen LogP contribution < -0.4 is 5.32 Å². The molecule has 5 rings (SSSR count). The van der Waals surface area contributed by atoms with E-state index >= 15 is 0 Å². The fourth-order valence-corrected chi connectivity index (χ4v) is 7.49. The number of hydrogen-bond donors (Lipinski definition) is 1. The number of benzene rings is 1. The number of piperidine rings is 2. The van der Waals surface area contributed by atoms with Gasteiger partial charge in [0.1, 0.15) is 17.8 Å². The number of sulfonamides is 1. The molecule has 3 aliphatic heterocycles. The van der Waals surface area contributed by atoms with Gasteiger partial charge < -0.3 is 19.9 Å². The number of likely N-dealkylation sites (tertiary alicyclic amines) is 2. The molecule has 3 saturated heterocycles. The van der Waals surface area contributed by atoms with Gasteiger partial charge in [-0.05, 0) is 82.7 Å². The maximum absolute atomic E-state index is 13.5. The Balaban J connectivity index is 1.12. The molecule has 0 saturated carbocycles. The molecule has 3 aliphatic rings. The van der Waals surface area contributed by atoms with Gasteiger partial charge in [0.25, 0.3) is 5.91 Å². The Morgan fingerprint density at radius 1 is 1.07 bits per heavy atom. The zero-order valence-electron chi connectivity index (χ0n) is 26.1. The minimum Gasteiger partial charge on any atom is -0.368 e. The van der Waals surface area contributed by atoms with Gasteiger partial charge in [0.05, 0.1) is 24.0 Å². The van der Waals surface area contributed by atoms with Gasteiger partial charge in [0.15, 0.2) is 0 Å². The molecular formula is C31H43F3N6O4S. The summed E-state index contributed by atoms with van der Waals surface area (Å²) < 4.78 is 71.1. The molecule has 1 unspecified atom stereocenters. The van der Waals surface area contributed by atoms with Crippen molar-refractivity contribution in [3.8, 4) is 0 Å². The average molecular weight is 653 g/mol. The van der Waals surface area contributed by atoms with Gasteiger partial charge in [-0.2, -0.15) is 13.2 Å². The molecule has 45 heavy (non-hydrogen) atoms. The number of ether oxygens (including phenoxy) is 1. The van der Waals surface area contributed by atoms with Crippen molar-refractivity contribution in [2.75, 3.05) is 51.3 Å². The van der Waals surface area contributed by atoms with E-state index in [0.29, 0.717) is 54.7 Å². The first kappa shape index (κ1) is 33.6. The second-order valence-corrected chi connectivity index (χ2v) is 14.5. The Bertz CT molecular complexity index is 1440. The van der Waals surface area contributed by atoms with Gasteiger partial charge in [-0.3, -0.25) is 4.79 Å². The monoisotopic (exact) mass is 652 g/mol. The van der Waals surface area contributed by atoms with Crippen molar-refractivity contribution >= 4 is 21.7 Å². The number of rotatable bonds is 8. The lowest BCUT2D eigenvalue weighted by atomic mass is 9.97. The van der Waals surface area contributed by atoms with E-state index in [-0.39, 0.29) is 18.1 Å². The molecule has 1 aromatic carbocycles. The number of halogens is 3. The molecule has 1 amide bonds. The zero-order valence-corrected chi connectivity index (χ0v) is 26.9. The van der Waals surface area contributed by atoms with E-state index in [1.54, 1.807) is 13.1 Å². The molecule has 0 bridgehead atoms. The van der Waals surface area contributed by atoms with Crippen molar-refractivity contribution in [1.29, 1.82) is 0 Å². The highest BCUT2D eigenvalue weighted by molar-refractivity contribution is 7.88. The molecule has 1 aromatic heterocycles. The molecule has 248 valence electrons. The number of aromatic nitrogens is 2. The van der Waals surface area contributed by atoms with E-state index < -0.39 is 27.9 Å².